The Labute approximate surface area is 122 Å². The first-order valence-corrected chi connectivity index (χ1v) is 7.41. The smallest absolute Gasteiger partial charge is 0.0928 e. The van der Waals surface area contributed by atoms with Crippen molar-refractivity contribution in [2.45, 2.75) is 31.3 Å². The highest BCUT2D eigenvalue weighted by atomic mass is 35.5. The van der Waals surface area contributed by atoms with Crippen LogP contribution in [0.1, 0.15) is 31.2 Å². The first kappa shape index (κ1) is 12.6. The van der Waals surface area contributed by atoms with Gasteiger partial charge in [0.25, 0.3) is 0 Å². The van der Waals surface area contributed by atoms with Gasteiger partial charge in [0.05, 0.1) is 17.3 Å². The van der Waals surface area contributed by atoms with Crippen molar-refractivity contribution >= 4 is 22.5 Å². The van der Waals surface area contributed by atoms with Crippen molar-refractivity contribution < 1.29 is 9.84 Å². The van der Waals surface area contributed by atoms with Crippen molar-refractivity contribution in [2.24, 2.45) is 5.41 Å². The average Bonchev–Trinajstić information content (AvgIpc) is 2.85. The minimum atomic E-state index is -0.785. The molecule has 0 amide bonds. The lowest BCUT2D eigenvalue weighted by atomic mass is 9.54. The Hall–Kier alpha value is -1.10. The number of aromatic nitrogens is 2. The van der Waals surface area contributed by atoms with Gasteiger partial charge in [-0.3, -0.25) is 5.10 Å². The van der Waals surface area contributed by atoms with Crippen LogP contribution in [0.5, 0.6) is 0 Å². The number of halogens is 1. The van der Waals surface area contributed by atoms with Gasteiger partial charge in [0.2, 0.25) is 0 Å². The Morgan fingerprint density at radius 3 is 2.75 bits per heavy atom. The molecule has 2 aromatic rings. The van der Waals surface area contributed by atoms with Crippen LogP contribution in [-0.2, 0) is 10.3 Å². The van der Waals surface area contributed by atoms with Gasteiger partial charge in [-0.05, 0) is 43.2 Å². The highest BCUT2D eigenvalue weighted by Crippen LogP contribution is 2.59. The molecule has 1 spiro atoms. The molecule has 0 bridgehead atoms. The van der Waals surface area contributed by atoms with Crippen LogP contribution in [0.15, 0.2) is 18.3 Å². The summed E-state index contributed by atoms with van der Waals surface area (Å²) in [6, 6.07) is 3.74. The Balaban J connectivity index is 1.71. The molecule has 20 heavy (non-hydrogen) atoms. The zero-order valence-electron chi connectivity index (χ0n) is 11.2. The quantitative estimate of drug-likeness (QED) is 0.849. The molecule has 1 saturated carbocycles. The molecule has 1 aliphatic carbocycles. The molecule has 1 saturated heterocycles. The summed E-state index contributed by atoms with van der Waals surface area (Å²) in [7, 11) is 0. The Kier molecular flexibility index (Phi) is 2.65. The zero-order valence-corrected chi connectivity index (χ0v) is 11.9. The Morgan fingerprint density at radius 1 is 1.25 bits per heavy atom. The molecule has 2 N–H and O–H groups in total. The molecule has 2 aliphatic rings. The molecular weight excluding hydrogens is 276 g/mol. The van der Waals surface area contributed by atoms with E-state index in [1.54, 1.807) is 6.20 Å². The maximum atomic E-state index is 11.0. The van der Waals surface area contributed by atoms with E-state index >= 15 is 0 Å². The molecule has 0 atom stereocenters. The number of benzene rings is 1. The second-order valence-corrected chi connectivity index (χ2v) is 6.72. The molecular formula is C15H17ClN2O2. The third-order valence-electron chi connectivity index (χ3n) is 4.90. The standard InChI is InChI=1S/C15H17ClN2O2/c16-11-5-10-7-17-18-13(10)12(6-11)15(19)8-14(9-15)1-3-20-4-2-14/h5-7,19H,1-4,8-9H2,(H,17,18). The van der Waals surface area contributed by atoms with Crippen molar-refractivity contribution in [1.29, 1.82) is 0 Å². The summed E-state index contributed by atoms with van der Waals surface area (Å²) in [6.07, 6.45) is 5.41. The fraction of sp³-hybridized carbons (Fsp3) is 0.533. The third kappa shape index (κ3) is 1.79. The molecule has 1 aromatic carbocycles. The largest absolute Gasteiger partial charge is 0.385 e. The Bertz CT molecular complexity index is 653. The monoisotopic (exact) mass is 292 g/mol. The van der Waals surface area contributed by atoms with Gasteiger partial charge in [-0.1, -0.05) is 11.6 Å². The van der Waals surface area contributed by atoms with E-state index in [9.17, 15) is 5.11 Å². The normalized spacial score (nSPS) is 23.9. The van der Waals surface area contributed by atoms with Crippen molar-refractivity contribution in [3.8, 4) is 0 Å². The summed E-state index contributed by atoms with van der Waals surface area (Å²) in [5.74, 6) is 0. The first-order valence-electron chi connectivity index (χ1n) is 7.04. The van der Waals surface area contributed by atoms with E-state index in [1.165, 1.54) is 0 Å². The second-order valence-electron chi connectivity index (χ2n) is 6.29. The van der Waals surface area contributed by atoms with E-state index in [0.29, 0.717) is 5.02 Å². The van der Waals surface area contributed by atoms with E-state index in [2.05, 4.69) is 10.2 Å². The topological polar surface area (TPSA) is 58.1 Å². The summed E-state index contributed by atoms with van der Waals surface area (Å²) >= 11 is 6.17. The van der Waals surface area contributed by atoms with Gasteiger partial charge in [0.15, 0.2) is 0 Å². The number of rotatable bonds is 1. The van der Waals surface area contributed by atoms with E-state index in [0.717, 1.165) is 55.4 Å². The summed E-state index contributed by atoms with van der Waals surface area (Å²) in [5.41, 5.74) is 1.25. The maximum absolute atomic E-state index is 11.0. The minimum absolute atomic E-state index is 0.252. The molecule has 2 heterocycles. The number of aromatic amines is 1. The fourth-order valence-corrected chi connectivity index (χ4v) is 4.15. The number of hydrogen-bond acceptors (Lipinski definition) is 3. The molecule has 4 rings (SSSR count). The van der Waals surface area contributed by atoms with Crippen LogP contribution in [0.2, 0.25) is 5.02 Å². The molecule has 0 radical (unpaired) electrons. The number of hydrogen-bond donors (Lipinski definition) is 2. The van der Waals surface area contributed by atoms with Gasteiger partial charge in [0.1, 0.15) is 0 Å². The molecule has 106 valence electrons. The first-order chi connectivity index (χ1) is 9.60. The highest BCUT2D eigenvalue weighted by molar-refractivity contribution is 6.31. The van der Waals surface area contributed by atoms with Crippen molar-refractivity contribution in [3.63, 3.8) is 0 Å². The summed E-state index contributed by atoms with van der Waals surface area (Å²) in [5, 5.41) is 19.6. The van der Waals surface area contributed by atoms with Gasteiger partial charge in [-0.15, -0.1) is 0 Å². The number of nitrogens with one attached hydrogen (secondary N) is 1. The molecule has 1 aromatic heterocycles. The lowest BCUT2D eigenvalue weighted by molar-refractivity contribution is -0.168. The lowest BCUT2D eigenvalue weighted by Crippen LogP contribution is -2.52. The van der Waals surface area contributed by atoms with Crippen molar-refractivity contribution in [3.05, 3.63) is 28.9 Å². The van der Waals surface area contributed by atoms with E-state index in [4.69, 9.17) is 16.3 Å². The number of H-pyrrole nitrogens is 1. The maximum Gasteiger partial charge on any atom is 0.0928 e. The molecule has 5 heteroatoms. The predicted molar refractivity (Wildman–Crippen MR) is 76.7 cm³/mol. The van der Waals surface area contributed by atoms with Crippen LogP contribution < -0.4 is 0 Å². The molecule has 2 fully saturated rings. The highest BCUT2D eigenvalue weighted by Gasteiger charge is 2.55. The van der Waals surface area contributed by atoms with Crippen LogP contribution in [0, 0.1) is 5.41 Å². The summed E-state index contributed by atoms with van der Waals surface area (Å²) in [6.45, 7) is 1.62. The van der Waals surface area contributed by atoms with Crippen LogP contribution >= 0.6 is 11.6 Å². The van der Waals surface area contributed by atoms with Crippen LogP contribution in [0.4, 0.5) is 0 Å². The van der Waals surface area contributed by atoms with E-state index < -0.39 is 5.60 Å². The minimum Gasteiger partial charge on any atom is -0.385 e. The van der Waals surface area contributed by atoms with Crippen LogP contribution in [0.25, 0.3) is 10.9 Å². The van der Waals surface area contributed by atoms with Gasteiger partial charge in [0, 0.05) is 29.2 Å². The number of ether oxygens (including phenoxy) is 1. The predicted octanol–water partition coefficient (Wildman–Crippen LogP) is 2.99. The summed E-state index contributed by atoms with van der Waals surface area (Å²) < 4.78 is 5.43. The average molecular weight is 293 g/mol. The van der Waals surface area contributed by atoms with E-state index in [-0.39, 0.29) is 5.41 Å². The van der Waals surface area contributed by atoms with Gasteiger partial charge in [-0.2, -0.15) is 5.10 Å². The Morgan fingerprint density at radius 2 is 2.00 bits per heavy atom. The number of nitrogens with zero attached hydrogens (tertiary/aromatic N) is 1. The number of fused-ring (bicyclic) bond motifs is 1. The van der Waals surface area contributed by atoms with Crippen LogP contribution in [-0.4, -0.2) is 28.5 Å². The van der Waals surface area contributed by atoms with Crippen molar-refractivity contribution in [2.75, 3.05) is 13.2 Å². The van der Waals surface area contributed by atoms with Crippen molar-refractivity contribution in [1.82, 2.24) is 10.2 Å². The van der Waals surface area contributed by atoms with Gasteiger partial charge < -0.3 is 9.84 Å². The van der Waals surface area contributed by atoms with Gasteiger partial charge >= 0.3 is 0 Å². The number of aliphatic hydroxyl groups is 1. The fourth-order valence-electron chi connectivity index (χ4n) is 3.93. The van der Waals surface area contributed by atoms with Gasteiger partial charge in [-0.25, -0.2) is 0 Å². The zero-order chi connectivity index (χ0) is 13.8. The SMILES string of the molecule is OC1(c2cc(Cl)cc3cn[nH]c23)CC2(CCOCC2)C1. The van der Waals surface area contributed by atoms with Crippen LogP contribution in [0.3, 0.4) is 0 Å². The molecule has 4 nitrogen and oxygen atoms in total. The second kappa shape index (κ2) is 4.20. The summed E-state index contributed by atoms with van der Waals surface area (Å²) in [4.78, 5) is 0. The molecule has 1 aliphatic heterocycles. The molecule has 0 unspecified atom stereocenters. The third-order valence-corrected chi connectivity index (χ3v) is 5.12. The lowest BCUT2D eigenvalue weighted by Gasteiger charge is -2.55. The van der Waals surface area contributed by atoms with E-state index in [1.807, 2.05) is 12.1 Å².